The van der Waals surface area contributed by atoms with Crippen LogP contribution in [0.2, 0.25) is 0 Å². The number of thiophene rings is 1. The van der Waals surface area contributed by atoms with Crippen LogP contribution in [0.15, 0.2) is 40.3 Å². The molecular formula is C20H21BrN6OS. The van der Waals surface area contributed by atoms with Gasteiger partial charge in [-0.3, -0.25) is 4.79 Å². The summed E-state index contributed by atoms with van der Waals surface area (Å²) in [4.78, 5) is 28.9. The van der Waals surface area contributed by atoms with E-state index >= 15 is 0 Å². The first kappa shape index (κ1) is 19.8. The molecule has 0 atom stereocenters. The molecule has 150 valence electrons. The van der Waals surface area contributed by atoms with Crippen LogP contribution >= 0.6 is 27.3 Å². The van der Waals surface area contributed by atoms with Crippen molar-refractivity contribution >= 4 is 56.4 Å². The predicted molar refractivity (Wildman–Crippen MR) is 120 cm³/mol. The number of amides is 1. The first-order chi connectivity index (χ1) is 14.0. The second kappa shape index (κ2) is 8.87. The molecule has 4 heterocycles. The van der Waals surface area contributed by atoms with E-state index in [0.29, 0.717) is 12.2 Å². The third-order valence-corrected chi connectivity index (χ3v) is 6.19. The lowest BCUT2D eigenvalue weighted by molar-refractivity contribution is -0.115. The van der Waals surface area contributed by atoms with Crippen LogP contribution in [0.4, 0.5) is 23.3 Å². The number of anilines is 4. The molecule has 0 unspecified atom stereocenters. The van der Waals surface area contributed by atoms with Crippen molar-refractivity contribution in [3.05, 3.63) is 50.9 Å². The van der Waals surface area contributed by atoms with Crippen molar-refractivity contribution < 1.29 is 4.79 Å². The summed E-state index contributed by atoms with van der Waals surface area (Å²) in [5.74, 6) is 1.94. The van der Waals surface area contributed by atoms with Crippen molar-refractivity contribution in [1.82, 2.24) is 15.0 Å². The average Bonchev–Trinajstić information content (AvgIpc) is 3.35. The third kappa shape index (κ3) is 5.30. The summed E-state index contributed by atoms with van der Waals surface area (Å²) in [5.41, 5.74) is 1.72. The fourth-order valence-corrected chi connectivity index (χ4v) is 4.61. The lowest BCUT2D eigenvalue weighted by Gasteiger charge is -2.17. The maximum atomic E-state index is 12.2. The highest BCUT2D eigenvalue weighted by Gasteiger charge is 2.16. The monoisotopic (exact) mass is 472 g/mol. The molecule has 3 aromatic heterocycles. The summed E-state index contributed by atoms with van der Waals surface area (Å²) in [6.45, 7) is 3.97. The van der Waals surface area contributed by atoms with Gasteiger partial charge in [-0.1, -0.05) is 0 Å². The number of halogens is 1. The minimum Gasteiger partial charge on any atom is -0.341 e. The maximum Gasteiger partial charge on any atom is 0.230 e. The molecule has 1 amide bonds. The van der Waals surface area contributed by atoms with E-state index < -0.39 is 0 Å². The summed E-state index contributed by atoms with van der Waals surface area (Å²) in [5, 5.41) is 8.07. The zero-order valence-electron chi connectivity index (χ0n) is 16.0. The number of rotatable bonds is 6. The molecule has 4 rings (SSSR count). The van der Waals surface area contributed by atoms with Crippen molar-refractivity contribution in [2.75, 3.05) is 28.6 Å². The first-order valence-electron chi connectivity index (χ1n) is 9.42. The van der Waals surface area contributed by atoms with E-state index in [9.17, 15) is 4.79 Å². The van der Waals surface area contributed by atoms with E-state index in [1.807, 2.05) is 30.5 Å². The Hall–Kier alpha value is -2.52. The quantitative estimate of drug-likeness (QED) is 0.548. The van der Waals surface area contributed by atoms with E-state index in [1.165, 1.54) is 12.8 Å². The van der Waals surface area contributed by atoms with Gasteiger partial charge in [-0.15, -0.1) is 11.3 Å². The molecule has 2 N–H and O–H groups in total. The van der Waals surface area contributed by atoms with Crippen molar-refractivity contribution in [2.24, 2.45) is 0 Å². The number of nitrogens with one attached hydrogen (secondary N) is 2. The van der Waals surface area contributed by atoms with Crippen LogP contribution in [0.5, 0.6) is 0 Å². The van der Waals surface area contributed by atoms with Gasteiger partial charge in [0, 0.05) is 39.6 Å². The number of hydrogen-bond donors (Lipinski definition) is 2. The van der Waals surface area contributed by atoms with E-state index in [0.717, 1.165) is 45.6 Å². The van der Waals surface area contributed by atoms with Crippen molar-refractivity contribution in [2.45, 2.75) is 26.2 Å². The number of carbonyl (C=O) groups excluding carboxylic acids is 1. The molecule has 0 radical (unpaired) electrons. The van der Waals surface area contributed by atoms with Crippen molar-refractivity contribution in [1.29, 1.82) is 0 Å². The number of aromatic nitrogens is 3. The van der Waals surface area contributed by atoms with Gasteiger partial charge in [0.2, 0.25) is 11.9 Å². The molecule has 7 nitrogen and oxygen atoms in total. The molecule has 0 saturated carbocycles. The highest BCUT2D eigenvalue weighted by Crippen LogP contribution is 2.22. The van der Waals surface area contributed by atoms with E-state index in [1.54, 1.807) is 23.6 Å². The Morgan fingerprint density at radius 3 is 2.72 bits per heavy atom. The van der Waals surface area contributed by atoms with Gasteiger partial charge in [0.05, 0.1) is 18.3 Å². The van der Waals surface area contributed by atoms with Crippen LogP contribution in [0.3, 0.4) is 0 Å². The van der Waals surface area contributed by atoms with Crippen LogP contribution in [0.25, 0.3) is 0 Å². The Morgan fingerprint density at radius 2 is 2.03 bits per heavy atom. The van der Waals surface area contributed by atoms with Crippen LogP contribution in [-0.2, 0) is 11.2 Å². The number of nitrogens with zero attached hydrogens (tertiary/aromatic N) is 4. The largest absolute Gasteiger partial charge is 0.341 e. The number of aryl methyl sites for hydroxylation is 1. The predicted octanol–water partition coefficient (Wildman–Crippen LogP) is 4.53. The minimum absolute atomic E-state index is 0.0887. The molecule has 0 aromatic carbocycles. The van der Waals surface area contributed by atoms with Gasteiger partial charge in [0.1, 0.15) is 11.6 Å². The number of hydrogen-bond acceptors (Lipinski definition) is 7. The summed E-state index contributed by atoms with van der Waals surface area (Å²) in [7, 11) is 0. The molecule has 0 spiro atoms. The molecular weight excluding hydrogens is 452 g/mol. The Labute approximate surface area is 181 Å². The summed E-state index contributed by atoms with van der Waals surface area (Å²) >= 11 is 4.95. The van der Waals surface area contributed by atoms with Gasteiger partial charge in [-0.05, 0) is 53.9 Å². The third-order valence-electron chi connectivity index (χ3n) is 4.49. The van der Waals surface area contributed by atoms with Crippen molar-refractivity contribution in [3.8, 4) is 0 Å². The molecule has 0 aliphatic carbocycles. The zero-order chi connectivity index (χ0) is 20.2. The molecule has 1 fully saturated rings. The van der Waals surface area contributed by atoms with E-state index in [4.69, 9.17) is 0 Å². The second-order valence-corrected chi connectivity index (χ2v) is 8.81. The lowest BCUT2D eigenvalue weighted by atomic mass is 10.3. The zero-order valence-corrected chi connectivity index (χ0v) is 18.4. The Morgan fingerprint density at radius 1 is 1.21 bits per heavy atom. The Balaban J connectivity index is 1.38. The fourth-order valence-electron chi connectivity index (χ4n) is 3.16. The number of pyridine rings is 1. The molecule has 1 aliphatic rings. The fraction of sp³-hybridized carbons (Fsp3) is 0.300. The highest BCUT2D eigenvalue weighted by molar-refractivity contribution is 9.10. The topological polar surface area (TPSA) is 83.0 Å². The van der Waals surface area contributed by atoms with Crippen LogP contribution in [0, 0.1) is 6.92 Å². The van der Waals surface area contributed by atoms with E-state index in [2.05, 4.69) is 46.4 Å². The smallest absolute Gasteiger partial charge is 0.230 e. The van der Waals surface area contributed by atoms with Crippen LogP contribution in [0.1, 0.15) is 23.4 Å². The summed E-state index contributed by atoms with van der Waals surface area (Å²) < 4.78 is 0.992. The Kier molecular flexibility index (Phi) is 6.05. The average molecular weight is 473 g/mol. The first-order valence-corrected chi connectivity index (χ1v) is 11.1. The summed E-state index contributed by atoms with van der Waals surface area (Å²) in [6, 6.07) is 7.51. The van der Waals surface area contributed by atoms with Gasteiger partial charge in [0.25, 0.3) is 0 Å². The van der Waals surface area contributed by atoms with E-state index in [-0.39, 0.29) is 5.91 Å². The maximum absolute atomic E-state index is 12.2. The molecule has 0 bridgehead atoms. The van der Waals surface area contributed by atoms with Gasteiger partial charge in [-0.25, -0.2) is 9.97 Å². The van der Waals surface area contributed by atoms with Gasteiger partial charge in [-0.2, -0.15) is 4.98 Å². The summed E-state index contributed by atoms with van der Waals surface area (Å²) in [6.07, 6.45) is 4.38. The van der Waals surface area contributed by atoms with Gasteiger partial charge >= 0.3 is 0 Å². The lowest BCUT2D eigenvalue weighted by Crippen LogP contribution is -2.21. The minimum atomic E-state index is -0.0887. The van der Waals surface area contributed by atoms with Crippen LogP contribution in [-0.4, -0.2) is 33.9 Å². The second-order valence-electron chi connectivity index (χ2n) is 6.90. The normalized spacial score (nSPS) is 13.5. The van der Waals surface area contributed by atoms with Crippen molar-refractivity contribution in [3.63, 3.8) is 0 Å². The Bertz CT molecular complexity index is 1000. The van der Waals surface area contributed by atoms with Gasteiger partial charge in [0.15, 0.2) is 0 Å². The molecule has 3 aromatic rings. The molecule has 1 aliphatic heterocycles. The molecule has 9 heteroatoms. The molecule has 29 heavy (non-hydrogen) atoms. The van der Waals surface area contributed by atoms with Crippen LogP contribution < -0.4 is 15.5 Å². The highest BCUT2D eigenvalue weighted by atomic mass is 79.9. The van der Waals surface area contributed by atoms with Gasteiger partial charge < -0.3 is 15.5 Å². The SMILES string of the molecule is Cc1cc(Nc2ccc(NC(=O)Cc3cc(Br)cs3)nc2)nc(N2CCCC2)n1. The standard InChI is InChI=1S/C20H21BrN6OS/c1-13-8-18(26-20(23-13)27-6-2-3-7-27)24-15-4-5-17(22-11-15)25-19(28)10-16-9-14(21)12-29-16/h4-5,8-9,11-12H,2-3,6-7,10H2,1H3,(H,22,25,28)(H,23,24,26). The molecule has 1 saturated heterocycles. The number of carbonyl (C=O) groups is 1.